The maximum atomic E-state index is 12.1. The van der Waals surface area contributed by atoms with Crippen LogP contribution in [-0.2, 0) is 4.74 Å². The lowest BCUT2D eigenvalue weighted by atomic mass is 10.1. The minimum atomic E-state index is -0.990. The van der Waals surface area contributed by atoms with Crippen LogP contribution in [0.4, 0.5) is 10.5 Å². The van der Waals surface area contributed by atoms with Crippen molar-refractivity contribution >= 4 is 29.4 Å². The highest BCUT2D eigenvalue weighted by molar-refractivity contribution is 6.34. The van der Waals surface area contributed by atoms with E-state index in [2.05, 4.69) is 4.90 Å². The minimum Gasteiger partial charge on any atom is -0.478 e. The van der Waals surface area contributed by atoms with E-state index in [1.165, 1.54) is 0 Å². The number of hydrogen-bond donors (Lipinski definition) is 1. The van der Waals surface area contributed by atoms with E-state index in [4.69, 9.17) is 21.4 Å². The Morgan fingerprint density at radius 3 is 2.25 bits per heavy atom. The Balaban J connectivity index is 2.06. The van der Waals surface area contributed by atoms with Gasteiger partial charge in [-0.25, -0.2) is 9.59 Å². The smallest absolute Gasteiger partial charge is 0.410 e. The van der Waals surface area contributed by atoms with Gasteiger partial charge in [0.2, 0.25) is 0 Å². The predicted octanol–water partition coefficient (Wildman–Crippen LogP) is 3.40. The summed E-state index contributed by atoms with van der Waals surface area (Å²) in [6, 6.07) is 3.29. The van der Waals surface area contributed by atoms with Gasteiger partial charge in [-0.2, -0.15) is 0 Å². The van der Waals surface area contributed by atoms with Crippen LogP contribution in [0.15, 0.2) is 12.1 Å². The van der Waals surface area contributed by atoms with Crippen molar-refractivity contribution in [2.45, 2.75) is 33.3 Å². The molecule has 24 heavy (non-hydrogen) atoms. The van der Waals surface area contributed by atoms with E-state index in [9.17, 15) is 9.59 Å². The SMILES string of the molecule is Cc1c(C(=O)O)ccc(N2CCN(C(=O)OC(C)(C)C)CC2)c1Cl. The number of carboxylic acids is 1. The Labute approximate surface area is 146 Å². The van der Waals surface area contributed by atoms with Gasteiger partial charge < -0.3 is 19.6 Å². The summed E-state index contributed by atoms with van der Waals surface area (Å²) >= 11 is 6.35. The second-order valence-corrected chi connectivity index (χ2v) is 7.21. The summed E-state index contributed by atoms with van der Waals surface area (Å²) in [5, 5.41) is 9.59. The van der Waals surface area contributed by atoms with Crippen LogP contribution in [0.2, 0.25) is 5.02 Å². The van der Waals surface area contributed by atoms with Gasteiger partial charge in [0.15, 0.2) is 0 Å². The number of carbonyl (C=O) groups is 2. The van der Waals surface area contributed by atoms with Crippen molar-refractivity contribution in [1.82, 2.24) is 4.90 Å². The molecule has 0 aliphatic carbocycles. The van der Waals surface area contributed by atoms with Gasteiger partial charge in [-0.3, -0.25) is 0 Å². The highest BCUT2D eigenvalue weighted by atomic mass is 35.5. The number of halogens is 1. The maximum absolute atomic E-state index is 12.1. The lowest BCUT2D eigenvalue weighted by molar-refractivity contribution is 0.0240. The molecule has 1 amide bonds. The van der Waals surface area contributed by atoms with Crippen molar-refractivity contribution in [2.24, 2.45) is 0 Å². The van der Waals surface area contributed by atoms with Crippen LogP contribution in [-0.4, -0.2) is 53.8 Å². The quantitative estimate of drug-likeness (QED) is 0.881. The molecular weight excluding hydrogens is 332 g/mol. The van der Waals surface area contributed by atoms with Crippen LogP contribution >= 0.6 is 11.6 Å². The topological polar surface area (TPSA) is 70.1 Å². The average Bonchev–Trinajstić information content (AvgIpc) is 2.48. The second-order valence-electron chi connectivity index (χ2n) is 6.83. The van der Waals surface area contributed by atoms with Gasteiger partial charge in [0, 0.05) is 26.2 Å². The number of carbonyl (C=O) groups excluding carboxylic acids is 1. The number of benzene rings is 1. The molecule has 1 N–H and O–H groups in total. The first-order valence-electron chi connectivity index (χ1n) is 7.85. The molecular formula is C17H23ClN2O4. The standard InChI is InChI=1S/C17H23ClN2O4/c1-11-12(15(21)22)5-6-13(14(11)18)19-7-9-20(10-8-19)16(23)24-17(2,3)4/h5-6H,7-10H2,1-4H3,(H,21,22). The van der Waals surface area contributed by atoms with Gasteiger partial charge in [0.05, 0.1) is 16.3 Å². The highest BCUT2D eigenvalue weighted by Gasteiger charge is 2.27. The van der Waals surface area contributed by atoms with Gasteiger partial charge in [-0.15, -0.1) is 0 Å². The predicted molar refractivity (Wildman–Crippen MR) is 93.2 cm³/mol. The second kappa shape index (κ2) is 6.89. The van der Waals surface area contributed by atoms with Crippen LogP contribution in [0.1, 0.15) is 36.7 Å². The van der Waals surface area contributed by atoms with Crippen LogP contribution < -0.4 is 4.90 Å². The van der Waals surface area contributed by atoms with Gasteiger partial charge in [0.25, 0.3) is 0 Å². The molecule has 0 bridgehead atoms. The fourth-order valence-electron chi connectivity index (χ4n) is 2.60. The van der Waals surface area contributed by atoms with E-state index in [-0.39, 0.29) is 11.7 Å². The fourth-order valence-corrected chi connectivity index (χ4v) is 2.89. The molecule has 0 saturated carbocycles. The molecule has 1 aliphatic rings. The molecule has 6 nitrogen and oxygen atoms in total. The molecule has 132 valence electrons. The number of ether oxygens (including phenoxy) is 1. The Bertz CT molecular complexity index is 647. The summed E-state index contributed by atoms with van der Waals surface area (Å²) in [6.45, 7) is 9.52. The minimum absolute atomic E-state index is 0.205. The number of aromatic carboxylic acids is 1. The van der Waals surface area contributed by atoms with Gasteiger partial charge in [-0.05, 0) is 45.4 Å². The monoisotopic (exact) mass is 354 g/mol. The Morgan fingerprint density at radius 1 is 1.17 bits per heavy atom. The van der Waals surface area contributed by atoms with Gasteiger partial charge in [0.1, 0.15) is 5.60 Å². The number of amides is 1. The lowest BCUT2D eigenvalue weighted by Crippen LogP contribution is -2.50. The van der Waals surface area contributed by atoms with Crippen LogP contribution in [0, 0.1) is 6.92 Å². The van der Waals surface area contributed by atoms with Crippen LogP contribution in [0.5, 0.6) is 0 Å². The molecule has 0 atom stereocenters. The third-order valence-corrected chi connectivity index (χ3v) is 4.35. The highest BCUT2D eigenvalue weighted by Crippen LogP contribution is 2.32. The van der Waals surface area contributed by atoms with Crippen molar-refractivity contribution < 1.29 is 19.4 Å². The molecule has 7 heteroatoms. The zero-order valence-electron chi connectivity index (χ0n) is 14.4. The molecule has 0 spiro atoms. The first kappa shape index (κ1) is 18.4. The van der Waals surface area contributed by atoms with Crippen molar-refractivity contribution in [3.8, 4) is 0 Å². The average molecular weight is 355 g/mol. The van der Waals surface area contributed by atoms with Crippen molar-refractivity contribution in [2.75, 3.05) is 31.1 Å². The molecule has 0 aromatic heterocycles. The Morgan fingerprint density at radius 2 is 1.75 bits per heavy atom. The molecule has 1 saturated heterocycles. The number of carboxylic acid groups (broad SMARTS) is 1. The van der Waals surface area contributed by atoms with Crippen molar-refractivity contribution in [3.63, 3.8) is 0 Å². The summed E-state index contributed by atoms with van der Waals surface area (Å²) in [5.74, 6) is -0.990. The van der Waals surface area contributed by atoms with E-state index >= 15 is 0 Å². The number of nitrogens with zero attached hydrogens (tertiary/aromatic N) is 2. The zero-order valence-corrected chi connectivity index (χ0v) is 15.2. The van der Waals surface area contributed by atoms with Gasteiger partial charge >= 0.3 is 12.1 Å². The first-order chi connectivity index (χ1) is 11.1. The summed E-state index contributed by atoms with van der Waals surface area (Å²) in [7, 11) is 0. The normalized spacial score (nSPS) is 15.4. The number of rotatable bonds is 2. The van der Waals surface area contributed by atoms with E-state index in [0.717, 1.165) is 5.69 Å². The van der Waals surface area contributed by atoms with E-state index in [0.29, 0.717) is 36.8 Å². The van der Waals surface area contributed by atoms with E-state index in [1.807, 2.05) is 20.8 Å². The Hall–Kier alpha value is -1.95. The summed E-state index contributed by atoms with van der Waals surface area (Å²) in [5.41, 5.74) is 1.04. The fraction of sp³-hybridized carbons (Fsp3) is 0.529. The number of anilines is 1. The number of piperazine rings is 1. The Kier molecular flexibility index (Phi) is 5.28. The molecule has 2 rings (SSSR count). The summed E-state index contributed by atoms with van der Waals surface area (Å²) < 4.78 is 5.38. The third-order valence-electron chi connectivity index (χ3n) is 3.87. The van der Waals surface area contributed by atoms with Crippen molar-refractivity contribution in [3.05, 3.63) is 28.3 Å². The van der Waals surface area contributed by atoms with Crippen molar-refractivity contribution in [1.29, 1.82) is 0 Å². The van der Waals surface area contributed by atoms with Crippen LogP contribution in [0.25, 0.3) is 0 Å². The van der Waals surface area contributed by atoms with Crippen LogP contribution in [0.3, 0.4) is 0 Å². The van der Waals surface area contributed by atoms with E-state index < -0.39 is 11.6 Å². The molecule has 1 aliphatic heterocycles. The largest absolute Gasteiger partial charge is 0.478 e. The molecule has 1 aromatic rings. The zero-order chi connectivity index (χ0) is 18.1. The molecule has 1 fully saturated rings. The summed E-state index contributed by atoms with van der Waals surface area (Å²) in [6.07, 6.45) is -0.314. The molecule has 0 radical (unpaired) electrons. The first-order valence-corrected chi connectivity index (χ1v) is 8.23. The van der Waals surface area contributed by atoms with E-state index in [1.54, 1.807) is 24.0 Å². The molecule has 0 unspecified atom stereocenters. The van der Waals surface area contributed by atoms with Gasteiger partial charge in [-0.1, -0.05) is 11.6 Å². The molecule has 1 aromatic carbocycles. The molecule has 1 heterocycles. The third kappa shape index (κ3) is 4.12. The summed E-state index contributed by atoms with van der Waals surface area (Å²) in [4.78, 5) is 27.0. The number of hydrogen-bond acceptors (Lipinski definition) is 4. The maximum Gasteiger partial charge on any atom is 0.410 e. The lowest BCUT2D eigenvalue weighted by Gasteiger charge is -2.37.